The highest BCUT2D eigenvalue weighted by Crippen LogP contribution is 2.36. The van der Waals surface area contributed by atoms with Crippen LogP contribution in [0.1, 0.15) is 0 Å². The Balaban J connectivity index is 1.57. The number of aromatic nitrogens is 4. The lowest BCUT2D eigenvalue weighted by molar-refractivity contribution is 0.415. The van der Waals surface area contributed by atoms with Crippen LogP contribution in [0.25, 0.3) is 39.1 Å². The number of rotatable bonds is 5. The number of primary sulfonamides is 1. The maximum Gasteiger partial charge on any atom is 0.240 e. The molecule has 0 aliphatic carbocycles. The van der Waals surface area contributed by atoms with Crippen molar-refractivity contribution in [2.24, 2.45) is 5.14 Å². The Labute approximate surface area is 195 Å². The molecule has 0 aliphatic rings. The third-order valence-electron chi connectivity index (χ3n) is 5.47. The van der Waals surface area contributed by atoms with Crippen molar-refractivity contribution in [2.75, 3.05) is 7.11 Å². The molecule has 5 rings (SSSR count). The van der Waals surface area contributed by atoms with Gasteiger partial charge in [0.2, 0.25) is 10.0 Å². The van der Waals surface area contributed by atoms with Crippen LogP contribution in [0.2, 0.25) is 0 Å². The Hall–Kier alpha value is -4.28. The van der Waals surface area contributed by atoms with Crippen molar-refractivity contribution in [1.82, 2.24) is 19.5 Å². The summed E-state index contributed by atoms with van der Waals surface area (Å²) in [6, 6.07) is 16.0. The normalized spacial score (nSPS) is 11.6. The molecule has 3 aromatic heterocycles. The number of pyridine rings is 2. The molecular weight excluding hydrogens is 454 g/mol. The number of nitrogens with zero attached hydrogens (tertiary/aromatic N) is 4. The van der Waals surface area contributed by atoms with Gasteiger partial charge in [-0.1, -0.05) is 24.3 Å². The monoisotopic (exact) mass is 473 g/mol. The lowest BCUT2D eigenvalue weighted by atomic mass is 10.0. The smallest absolute Gasteiger partial charge is 0.240 e. The first-order chi connectivity index (χ1) is 16.4. The minimum atomic E-state index is -3.94. The van der Waals surface area contributed by atoms with E-state index in [2.05, 4.69) is 15.0 Å². The zero-order valence-corrected chi connectivity index (χ0v) is 18.8. The molecule has 34 heavy (non-hydrogen) atoms. The van der Waals surface area contributed by atoms with Gasteiger partial charge in [-0.2, -0.15) is 0 Å². The van der Waals surface area contributed by atoms with Crippen molar-refractivity contribution in [3.63, 3.8) is 0 Å². The van der Waals surface area contributed by atoms with E-state index in [-0.39, 0.29) is 10.6 Å². The van der Waals surface area contributed by atoms with E-state index in [0.29, 0.717) is 33.4 Å². The van der Waals surface area contributed by atoms with Crippen LogP contribution in [0.5, 0.6) is 11.5 Å². The van der Waals surface area contributed by atoms with Crippen LogP contribution >= 0.6 is 0 Å². The molecule has 3 heterocycles. The van der Waals surface area contributed by atoms with Gasteiger partial charge in [-0.3, -0.25) is 9.55 Å². The first kappa shape index (κ1) is 21.6. The predicted molar refractivity (Wildman–Crippen MR) is 127 cm³/mol. The van der Waals surface area contributed by atoms with E-state index in [1.165, 1.54) is 12.4 Å². The first-order valence-corrected chi connectivity index (χ1v) is 11.7. The molecule has 0 radical (unpaired) electrons. The molecule has 0 saturated carbocycles. The van der Waals surface area contributed by atoms with Crippen molar-refractivity contribution in [2.45, 2.75) is 4.90 Å². The highest BCUT2D eigenvalue weighted by molar-refractivity contribution is 7.89. The summed E-state index contributed by atoms with van der Waals surface area (Å²) in [6.07, 6.45) is 5.94. The van der Waals surface area contributed by atoms with Crippen LogP contribution < -0.4 is 9.88 Å². The average molecular weight is 474 g/mol. The summed E-state index contributed by atoms with van der Waals surface area (Å²) < 4.78 is 30.8. The number of hydrogen-bond acceptors (Lipinski definition) is 7. The second-order valence-electron chi connectivity index (χ2n) is 7.50. The molecule has 0 atom stereocenters. The topological polar surface area (TPSA) is 133 Å². The Kier molecular flexibility index (Phi) is 5.23. The van der Waals surface area contributed by atoms with Gasteiger partial charge in [0.25, 0.3) is 0 Å². The van der Waals surface area contributed by atoms with Crippen molar-refractivity contribution in [1.29, 1.82) is 0 Å². The summed E-state index contributed by atoms with van der Waals surface area (Å²) in [6.45, 7) is 0. The molecule has 10 heteroatoms. The zero-order chi connectivity index (χ0) is 23.9. The molecule has 0 amide bonds. The second-order valence-corrected chi connectivity index (χ2v) is 9.03. The van der Waals surface area contributed by atoms with Crippen LogP contribution in [-0.4, -0.2) is 40.2 Å². The van der Waals surface area contributed by atoms with Gasteiger partial charge in [0.15, 0.2) is 5.75 Å². The van der Waals surface area contributed by atoms with Gasteiger partial charge in [0.05, 0.1) is 13.3 Å². The number of fused-ring (bicyclic) bond motifs is 1. The van der Waals surface area contributed by atoms with Gasteiger partial charge in [-0.05, 0) is 35.9 Å². The van der Waals surface area contributed by atoms with E-state index < -0.39 is 10.0 Å². The van der Waals surface area contributed by atoms with Gasteiger partial charge in [-0.25, -0.2) is 23.5 Å². The van der Waals surface area contributed by atoms with Gasteiger partial charge < -0.3 is 9.84 Å². The van der Waals surface area contributed by atoms with Gasteiger partial charge in [-0.15, -0.1) is 0 Å². The van der Waals surface area contributed by atoms with Crippen molar-refractivity contribution in [3.8, 4) is 39.6 Å². The molecule has 0 saturated heterocycles. The summed E-state index contributed by atoms with van der Waals surface area (Å²) in [7, 11) is -2.34. The molecule has 9 nitrogen and oxygen atoms in total. The third-order valence-corrected chi connectivity index (χ3v) is 6.41. The minimum absolute atomic E-state index is 0.0206. The number of methoxy groups -OCH3 is 1. The number of aromatic hydroxyl groups is 1. The number of sulfonamides is 1. The molecule has 0 unspecified atom stereocenters. The van der Waals surface area contributed by atoms with Gasteiger partial charge >= 0.3 is 0 Å². The maximum atomic E-state index is 11.9. The molecular formula is C24H19N5O4S. The summed E-state index contributed by atoms with van der Waals surface area (Å²) in [5, 5.41) is 16.5. The minimum Gasteiger partial charge on any atom is -0.504 e. The van der Waals surface area contributed by atoms with Crippen LogP contribution in [0, 0.1) is 0 Å². The molecule has 0 spiro atoms. The summed E-state index contributed by atoms with van der Waals surface area (Å²) in [5.41, 5.74) is 3.97. The van der Waals surface area contributed by atoms with E-state index in [0.717, 1.165) is 11.4 Å². The molecule has 3 N–H and O–H groups in total. The SMILES string of the molecule is COc1ccc(-n2cnc3cnc(-c4ccc(-c5ccncc5S(N)(=O)=O)cc4)c(O)c32)cc1. The van der Waals surface area contributed by atoms with E-state index in [9.17, 15) is 13.5 Å². The Morgan fingerprint density at radius 3 is 2.32 bits per heavy atom. The summed E-state index contributed by atoms with van der Waals surface area (Å²) in [4.78, 5) is 12.6. The lowest BCUT2D eigenvalue weighted by Gasteiger charge is -2.11. The van der Waals surface area contributed by atoms with Crippen molar-refractivity contribution < 1.29 is 18.3 Å². The quantitative estimate of drug-likeness (QED) is 0.399. The van der Waals surface area contributed by atoms with Gasteiger partial charge in [0.1, 0.15) is 33.7 Å². The van der Waals surface area contributed by atoms with Crippen LogP contribution in [-0.2, 0) is 10.0 Å². The largest absolute Gasteiger partial charge is 0.504 e. The van der Waals surface area contributed by atoms with Crippen molar-refractivity contribution >= 4 is 21.1 Å². The number of ether oxygens (including phenoxy) is 1. The maximum absolute atomic E-state index is 11.9. The Morgan fingerprint density at radius 2 is 1.65 bits per heavy atom. The van der Waals surface area contributed by atoms with Crippen molar-refractivity contribution in [3.05, 3.63) is 79.5 Å². The van der Waals surface area contributed by atoms with Crippen LogP contribution in [0.15, 0.2) is 84.4 Å². The zero-order valence-electron chi connectivity index (χ0n) is 18.0. The standard InChI is InChI=1S/C24H19N5O4S/c1-33-18-8-6-17(7-9-18)29-14-28-20-12-27-22(24(30)23(20)29)16-4-2-15(3-5-16)19-10-11-26-13-21(19)34(25,31)32/h2-14,30H,1H3,(H2,25,31,32). The summed E-state index contributed by atoms with van der Waals surface area (Å²) >= 11 is 0. The van der Waals surface area contributed by atoms with E-state index in [1.807, 2.05) is 24.3 Å². The number of nitrogens with two attached hydrogens (primary N) is 1. The second kappa shape index (κ2) is 8.25. The summed E-state index contributed by atoms with van der Waals surface area (Å²) in [5.74, 6) is 0.701. The molecule has 5 aromatic rings. The Morgan fingerprint density at radius 1 is 0.941 bits per heavy atom. The molecule has 0 bridgehead atoms. The fourth-order valence-corrected chi connectivity index (χ4v) is 4.49. The highest BCUT2D eigenvalue weighted by atomic mass is 32.2. The van der Waals surface area contributed by atoms with E-state index in [1.54, 1.807) is 54.5 Å². The fourth-order valence-electron chi connectivity index (χ4n) is 3.79. The molecule has 0 fully saturated rings. The Bertz CT molecular complexity index is 1610. The van der Waals surface area contributed by atoms with E-state index in [4.69, 9.17) is 9.88 Å². The third kappa shape index (κ3) is 3.74. The molecule has 0 aliphatic heterocycles. The van der Waals surface area contributed by atoms with Crippen LogP contribution in [0.3, 0.4) is 0 Å². The first-order valence-electron chi connectivity index (χ1n) is 10.1. The lowest BCUT2D eigenvalue weighted by Crippen LogP contribution is -2.13. The highest BCUT2D eigenvalue weighted by Gasteiger charge is 2.18. The van der Waals surface area contributed by atoms with Gasteiger partial charge in [0, 0.05) is 29.2 Å². The van der Waals surface area contributed by atoms with Crippen LogP contribution in [0.4, 0.5) is 0 Å². The molecule has 170 valence electrons. The number of imidazole rings is 1. The number of hydrogen-bond donors (Lipinski definition) is 2. The predicted octanol–water partition coefficient (Wildman–Crippen LogP) is 3.51. The van der Waals surface area contributed by atoms with E-state index >= 15 is 0 Å². The fraction of sp³-hybridized carbons (Fsp3) is 0.0417. The number of benzene rings is 2. The molecule has 2 aromatic carbocycles. The average Bonchev–Trinajstić information content (AvgIpc) is 3.29.